The van der Waals surface area contributed by atoms with E-state index >= 15 is 0 Å². The number of hydrogen-bond acceptors (Lipinski definition) is 1. The van der Waals surface area contributed by atoms with Crippen molar-refractivity contribution < 1.29 is 58.2 Å². The van der Waals surface area contributed by atoms with Crippen molar-refractivity contribution in [3.8, 4) is 0 Å². The molecule has 1 N–H and O–H groups in total. The molecular weight excluding hydrogens is 208 g/mol. The third-order valence-corrected chi connectivity index (χ3v) is 2.29. The van der Waals surface area contributed by atoms with E-state index in [4.69, 9.17) is 0 Å². The smallest absolute Gasteiger partial charge is 0.346 e. The standard InChI is InChI=1S/C9H18N.Rb/c1-9(2,3)8-4-6-10-7-5-8;/h4,8,10H,5-7H2,1-3H3;/q-1;+1. The molecule has 0 amide bonds. The number of piperidine rings is 1. The Kier molecular flexibility index (Phi) is 6.37. The topological polar surface area (TPSA) is 12.0 Å². The summed E-state index contributed by atoms with van der Waals surface area (Å²) in [4.78, 5) is 0. The average molecular weight is 226 g/mol. The van der Waals surface area contributed by atoms with Gasteiger partial charge in [0.15, 0.2) is 0 Å². The molecule has 0 radical (unpaired) electrons. The molecule has 1 rings (SSSR count). The van der Waals surface area contributed by atoms with Gasteiger partial charge in [0, 0.05) is 0 Å². The second-order valence-electron chi connectivity index (χ2n) is 4.20. The number of nitrogens with one attached hydrogen (secondary N) is 1. The predicted octanol–water partition coefficient (Wildman–Crippen LogP) is -1.15. The predicted molar refractivity (Wildman–Crippen MR) is 44.7 cm³/mol. The van der Waals surface area contributed by atoms with Crippen molar-refractivity contribution in [1.29, 1.82) is 0 Å². The SMILES string of the molecule is CC(C)(C)C1[CH-]CNCC1.[Rb+]. The van der Waals surface area contributed by atoms with E-state index in [0.29, 0.717) is 5.41 Å². The third kappa shape index (κ3) is 4.51. The maximum atomic E-state index is 3.33. The van der Waals surface area contributed by atoms with Gasteiger partial charge in [0.2, 0.25) is 0 Å². The number of hydrogen-bond donors (Lipinski definition) is 1. The fourth-order valence-corrected chi connectivity index (χ4v) is 1.49. The van der Waals surface area contributed by atoms with E-state index in [9.17, 15) is 0 Å². The Bertz CT molecular complexity index is 101. The molecule has 0 bridgehead atoms. The summed E-state index contributed by atoms with van der Waals surface area (Å²) in [6.45, 7) is 9.25. The summed E-state index contributed by atoms with van der Waals surface area (Å²) >= 11 is 0. The van der Waals surface area contributed by atoms with Gasteiger partial charge in [-0.25, -0.2) is 0 Å². The molecule has 0 spiro atoms. The monoisotopic (exact) mass is 225 g/mol. The summed E-state index contributed by atoms with van der Waals surface area (Å²) in [7, 11) is 0. The van der Waals surface area contributed by atoms with E-state index in [2.05, 4.69) is 32.5 Å². The molecule has 0 aromatic carbocycles. The van der Waals surface area contributed by atoms with Crippen molar-refractivity contribution in [2.75, 3.05) is 13.1 Å². The van der Waals surface area contributed by atoms with Crippen LogP contribution < -0.4 is 63.5 Å². The van der Waals surface area contributed by atoms with E-state index in [1.807, 2.05) is 0 Å². The van der Waals surface area contributed by atoms with Crippen LogP contribution in [0.4, 0.5) is 0 Å². The van der Waals surface area contributed by atoms with Crippen molar-refractivity contribution in [3.05, 3.63) is 6.42 Å². The van der Waals surface area contributed by atoms with Crippen molar-refractivity contribution in [2.45, 2.75) is 27.2 Å². The van der Waals surface area contributed by atoms with Crippen LogP contribution in [-0.4, -0.2) is 13.1 Å². The normalized spacial score (nSPS) is 25.9. The van der Waals surface area contributed by atoms with Crippen LogP contribution in [-0.2, 0) is 0 Å². The first-order chi connectivity index (χ1) is 4.61. The minimum Gasteiger partial charge on any atom is -0.346 e. The molecule has 0 saturated carbocycles. The Morgan fingerprint density at radius 2 is 2.00 bits per heavy atom. The minimum atomic E-state index is 0. The average Bonchev–Trinajstić information content (AvgIpc) is 1.88. The molecule has 60 valence electrons. The molecule has 1 aliphatic rings. The molecule has 11 heavy (non-hydrogen) atoms. The van der Waals surface area contributed by atoms with Crippen LogP contribution in [0.1, 0.15) is 27.2 Å². The maximum Gasteiger partial charge on any atom is 1.00 e. The van der Waals surface area contributed by atoms with Crippen LogP contribution in [0.3, 0.4) is 0 Å². The molecule has 0 aromatic rings. The molecule has 0 aliphatic carbocycles. The van der Waals surface area contributed by atoms with Gasteiger partial charge in [0.1, 0.15) is 0 Å². The van der Waals surface area contributed by atoms with Crippen molar-refractivity contribution in [1.82, 2.24) is 5.32 Å². The van der Waals surface area contributed by atoms with Crippen molar-refractivity contribution in [2.24, 2.45) is 11.3 Å². The zero-order chi connectivity index (χ0) is 7.61. The zero-order valence-corrected chi connectivity index (χ0v) is 13.2. The van der Waals surface area contributed by atoms with E-state index in [-0.39, 0.29) is 58.2 Å². The summed E-state index contributed by atoms with van der Waals surface area (Å²) in [6, 6.07) is 0. The molecule has 1 atom stereocenters. The fourth-order valence-electron chi connectivity index (χ4n) is 1.49. The molecule has 1 unspecified atom stereocenters. The first-order valence-corrected chi connectivity index (χ1v) is 4.15. The third-order valence-electron chi connectivity index (χ3n) is 2.29. The van der Waals surface area contributed by atoms with Gasteiger partial charge in [0.05, 0.1) is 0 Å². The minimum absolute atomic E-state index is 0. The summed E-state index contributed by atoms with van der Waals surface area (Å²) < 4.78 is 0. The van der Waals surface area contributed by atoms with Crippen LogP contribution in [0.25, 0.3) is 0 Å². The van der Waals surface area contributed by atoms with E-state index in [0.717, 1.165) is 12.5 Å². The van der Waals surface area contributed by atoms with E-state index in [1.165, 1.54) is 13.0 Å². The molecule has 1 fully saturated rings. The summed E-state index contributed by atoms with van der Waals surface area (Å²) in [5, 5.41) is 3.33. The Balaban J connectivity index is 0.000001000. The van der Waals surface area contributed by atoms with Crippen LogP contribution in [0.5, 0.6) is 0 Å². The van der Waals surface area contributed by atoms with Gasteiger partial charge in [0.25, 0.3) is 0 Å². The first kappa shape index (κ1) is 12.8. The van der Waals surface area contributed by atoms with Crippen LogP contribution in [0, 0.1) is 17.8 Å². The molecular formula is C9H18NRb. The Morgan fingerprint density at radius 1 is 1.36 bits per heavy atom. The van der Waals surface area contributed by atoms with Gasteiger partial charge in [-0.2, -0.15) is 5.92 Å². The van der Waals surface area contributed by atoms with Gasteiger partial charge in [-0.1, -0.05) is 32.6 Å². The fraction of sp³-hybridized carbons (Fsp3) is 0.889. The molecule has 0 aromatic heterocycles. The second-order valence-corrected chi connectivity index (χ2v) is 4.20. The van der Waals surface area contributed by atoms with E-state index in [1.54, 1.807) is 0 Å². The van der Waals surface area contributed by atoms with Crippen LogP contribution in [0.15, 0.2) is 0 Å². The van der Waals surface area contributed by atoms with E-state index < -0.39 is 0 Å². The van der Waals surface area contributed by atoms with Crippen molar-refractivity contribution in [3.63, 3.8) is 0 Å². The van der Waals surface area contributed by atoms with Gasteiger partial charge < -0.3 is 11.7 Å². The Labute approximate surface area is 119 Å². The quantitative estimate of drug-likeness (QED) is 0.514. The number of rotatable bonds is 0. The maximum absolute atomic E-state index is 3.33. The second kappa shape index (κ2) is 5.49. The molecule has 1 aliphatic heterocycles. The van der Waals surface area contributed by atoms with Crippen LogP contribution in [0.2, 0.25) is 0 Å². The largest absolute Gasteiger partial charge is 1.00 e. The summed E-state index contributed by atoms with van der Waals surface area (Å²) in [5.41, 5.74) is 0.474. The van der Waals surface area contributed by atoms with Gasteiger partial charge in [-0.05, 0) is 6.54 Å². The summed E-state index contributed by atoms with van der Waals surface area (Å²) in [6.07, 6.45) is 3.72. The van der Waals surface area contributed by atoms with Gasteiger partial charge in [-0.3, -0.25) is 0 Å². The van der Waals surface area contributed by atoms with Gasteiger partial charge in [-0.15, -0.1) is 6.54 Å². The Morgan fingerprint density at radius 3 is 2.27 bits per heavy atom. The Hall–Kier alpha value is 1.77. The van der Waals surface area contributed by atoms with Crippen LogP contribution >= 0.6 is 0 Å². The van der Waals surface area contributed by atoms with Crippen molar-refractivity contribution >= 4 is 0 Å². The summed E-state index contributed by atoms with van der Waals surface area (Å²) in [5.74, 6) is 0.814. The zero-order valence-electron chi connectivity index (χ0n) is 8.28. The first-order valence-electron chi connectivity index (χ1n) is 4.15. The molecule has 1 saturated heterocycles. The van der Waals surface area contributed by atoms with Gasteiger partial charge >= 0.3 is 58.2 Å². The molecule has 1 heterocycles. The molecule has 1 nitrogen and oxygen atoms in total. The molecule has 2 heteroatoms.